The summed E-state index contributed by atoms with van der Waals surface area (Å²) in [6.45, 7) is 5.65. The van der Waals surface area contributed by atoms with Crippen molar-refractivity contribution in [2.45, 2.75) is 159 Å². The Bertz CT molecular complexity index is 4030. The van der Waals surface area contributed by atoms with E-state index in [1.54, 1.807) is 36.5 Å². The molecule has 2 saturated heterocycles. The molecule has 0 saturated carbocycles. The molecule has 0 bridgehead atoms. The number of H-pyrrole nitrogens is 1. The predicted molar refractivity (Wildman–Crippen MR) is 377 cm³/mol. The first-order valence-corrected chi connectivity index (χ1v) is 34.1. The zero-order chi connectivity index (χ0) is 73.9. The number of para-hydroxylation sites is 1. The Morgan fingerprint density at radius 3 is 1.75 bits per heavy atom. The number of aliphatic carboxylic acids is 1. The molecule has 0 aliphatic carbocycles. The number of amides is 10. The summed E-state index contributed by atoms with van der Waals surface area (Å²) in [7, 11) is 1.37. The number of carboxylic acids is 1. The third-order valence-corrected chi connectivity index (χ3v) is 18.3. The maximum Gasteiger partial charge on any atom is 0.325 e. The second-order valence-corrected chi connectivity index (χ2v) is 26.4. The van der Waals surface area contributed by atoms with Crippen LogP contribution in [-0.2, 0) is 78.4 Å². The fourth-order valence-electron chi connectivity index (χ4n) is 12.8. The number of hydrogen-bond acceptors (Lipinski definition) is 14. The van der Waals surface area contributed by atoms with E-state index in [-0.39, 0.29) is 88.0 Å². The molecule has 3 heterocycles. The number of likely N-dealkylation sites (tertiary alicyclic amines) is 2. The monoisotopic (exact) mass is 1410 g/mol. The number of nitrogens with zero attached hydrogens (tertiary/aromatic N) is 4. The van der Waals surface area contributed by atoms with Crippen LogP contribution in [0.5, 0.6) is 5.75 Å². The number of phenolic OH excluding ortho intramolecular Hbond substituents is 1. The van der Waals surface area contributed by atoms with E-state index in [1.165, 1.54) is 79.2 Å². The van der Waals surface area contributed by atoms with Gasteiger partial charge in [-0.25, -0.2) is 4.39 Å². The highest BCUT2D eigenvalue weighted by atomic mass is 19.1. The first-order chi connectivity index (χ1) is 48.7. The molecule has 15 N–H and O–H groups in total. The quantitative estimate of drug-likeness (QED) is 0.0159. The zero-order valence-electron chi connectivity index (χ0n) is 57.7. The first-order valence-electron chi connectivity index (χ1n) is 34.1. The number of benzene rings is 5. The van der Waals surface area contributed by atoms with Crippen molar-refractivity contribution in [3.05, 3.63) is 150 Å². The van der Waals surface area contributed by atoms with Crippen molar-refractivity contribution in [2.75, 3.05) is 33.3 Å². The number of carboxylic acid groups (broad SMARTS) is 1. The van der Waals surface area contributed by atoms with Gasteiger partial charge in [0.25, 0.3) is 0 Å². The van der Waals surface area contributed by atoms with Gasteiger partial charge in [-0.1, -0.05) is 98.8 Å². The molecule has 2 aliphatic rings. The summed E-state index contributed by atoms with van der Waals surface area (Å²) in [6.07, 6.45) is 2.33. The minimum atomic E-state index is -1.84. The van der Waals surface area contributed by atoms with E-state index in [0.717, 1.165) is 15.7 Å². The molecule has 0 spiro atoms. The lowest BCUT2D eigenvalue weighted by molar-refractivity contribution is -0.146. The van der Waals surface area contributed by atoms with Crippen molar-refractivity contribution < 1.29 is 72.4 Å². The summed E-state index contributed by atoms with van der Waals surface area (Å²) < 4.78 is 14.2. The maximum atomic E-state index is 15.5. The summed E-state index contributed by atoms with van der Waals surface area (Å²) in [5.41, 5.74) is 13.8. The summed E-state index contributed by atoms with van der Waals surface area (Å²) in [5.74, 6) is -10.3. The van der Waals surface area contributed by atoms with E-state index in [2.05, 4.69) is 47.2 Å². The Hall–Kier alpha value is -11.0. The molecule has 5 aromatic carbocycles. The zero-order valence-corrected chi connectivity index (χ0v) is 57.7. The molecule has 29 heteroatoms. The minimum Gasteiger partial charge on any atom is -0.508 e. The fraction of sp³-hybridized carbons (Fsp3) is 0.425. The van der Waals surface area contributed by atoms with Crippen LogP contribution in [0.2, 0.25) is 0 Å². The van der Waals surface area contributed by atoms with Crippen LogP contribution in [-0.4, -0.2) is 200 Å². The average molecular weight is 1410 g/mol. The Morgan fingerprint density at radius 1 is 0.618 bits per heavy atom. The van der Waals surface area contributed by atoms with E-state index in [1.807, 2.05) is 50.2 Å². The fourth-order valence-corrected chi connectivity index (χ4v) is 12.8. The highest BCUT2D eigenvalue weighted by Gasteiger charge is 2.42. The number of nitrogens with two attached hydrogens (primary N) is 2. The molecule has 2 fully saturated rings. The van der Waals surface area contributed by atoms with E-state index in [9.17, 15) is 58.1 Å². The molecule has 10 amide bonds. The SMILES string of the molecule is CC(=O)N1CCC[C@@H]1C(=O)N[C@H](Cc1ccc(F)cc1)C(=O)N[C@@H](Cc1c[nH]c2ccccc12)C(=O)N[C@@H](CO)C(=O)N[C@H](Cc1ccc(O)cc1)C(=O)N[C@H](Cc1ccc2ccccc2c1)C(=O)N(C)[C@@H](CC(C)C)C(=O)N[C@@H](CCCN=C(N)N)C(=O)N1CCC[C@H]1C(=O)N[C@H](C)C(=O)O. The number of aliphatic hydroxyl groups excluding tert-OH is 1. The molecule has 544 valence electrons. The number of halogens is 1. The van der Waals surface area contributed by atoms with Crippen LogP contribution in [0.15, 0.2) is 126 Å². The number of aliphatic hydroxyl groups is 1. The normalized spacial score (nSPS) is 16.6. The van der Waals surface area contributed by atoms with Crippen LogP contribution in [0.4, 0.5) is 4.39 Å². The molecule has 102 heavy (non-hydrogen) atoms. The number of phenols is 1. The molecule has 8 rings (SSSR count). The van der Waals surface area contributed by atoms with E-state index < -0.39 is 132 Å². The van der Waals surface area contributed by atoms with Gasteiger partial charge < -0.3 is 83.7 Å². The predicted octanol–water partition coefficient (Wildman–Crippen LogP) is 1.86. The lowest BCUT2D eigenvalue weighted by Gasteiger charge is -2.34. The van der Waals surface area contributed by atoms with Crippen LogP contribution in [0, 0.1) is 11.7 Å². The van der Waals surface area contributed by atoms with Crippen molar-refractivity contribution in [1.29, 1.82) is 0 Å². The van der Waals surface area contributed by atoms with Gasteiger partial charge in [-0.15, -0.1) is 0 Å². The van der Waals surface area contributed by atoms with E-state index >= 15 is 14.4 Å². The number of aromatic hydroxyl groups is 1. The number of rotatable bonds is 33. The third-order valence-electron chi connectivity index (χ3n) is 18.3. The summed E-state index contributed by atoms with van der Waals surface area (Å²) >= 11 is 0. The molecular weight excluding hydrogens is 1320 g/mol. The molecule has 0 unspecified atom stereocenters. The topological polar surface area (TPSA) is 423 Å². The van der Waals surface area contributed by atoms with Crippen LogP contribution < -0.4 is 48.7 Å². The lowest BCUT2D eigenvalue weighted by atomic mass is 9.97. The van der Waals surface area contributed by atoms with Gasteiger partial charge in [0.15, 0.2) is 5.96 Å². The van der Waals surface area contributed by atoms with Crippen LogP contribution in [0.25, 0.3) is 21.7 Å². The van der Waals surface area contributed by atoms with Crippen molar-refractivity contribution in [1.82, 2.24) is 56.9 Å². The standard InChI is InChI=1S/C73H91FN14O14/c1-41(2)33-62(69(98)80-54(17-10-30-77-73(75)76)71(100)88-32-12-19-61(88)67(96)79-42(3)72(101)102)86(5)70(99)58(37-46-20-25-47-13-6-7-14-48(47)34-46)84-64(93)55(36-45-23-28-51(91)29-24-45)81-66(95)59(40-89)85-65(94)57(38-49-39-78-53-16-9-8-15-52(49)53)82-63(92)56(35-44-21-26-50(74)27-22-44)83-68(97)60-18-11-31-87(60)43(4)90/h6-9,13-16,20-29,34,39,41-42,54-62,78,89,91H,10-12,17-19,30-33,35-38,40H2,1-5H3,(H,79,96)(H,80,98)(H,81,95)(H,82,92)(H,83,97)(H,84,93)(H,85,94)(H,101,102)(H4,75,76,77)/t42-,54+,55-,56-,57+,58-,59+,60-,61+,62+/m1/s1. The number of nitrogens with one attached hydrogen (secondary N) is 8. The first kappa shape index (κ1) is 76.8. The van der Waals surface area contributed by atoms with Crippen molar-refractivity contribution in [3.8, 4) is 5.75 Å². The summed E-state index contributed by atoms with van der Waals surface area (Å²) in [6, 6.07) is 17.1. The van der Waals surface area contributed by atoms with Gasteiger partial charge in [-0.3, -0.25) is 57.7 Å². The minimum absolute atomic E-state index is 0.0240. The van der Waals surface area contributed by atoms with Crippen molar-refractivity contribution in [2.24, 2.45) is 22.4 Å². The van der Waals surface area contributed by atoms with Gasteiger partial charge in [-0.2, -0.15) is 0 Å². The summed E-state index contributed by atoms with van der Waals surface area (Å²) in [5, 5.41) is 52.0. The molecule has 2 aliphatic heterocycles. The van der Waals surface area contributed by atoms with Crippen molar-refractivity contribution >= 4 is 92.7 Å². The van der Waals surface area contributed by atoms with Gasteiger partial charge in [0.05, 0.1) is 6.61 Å². The van der Waals surface area contributed by atoms with Crippen LogP contribution in [0.3, 0.4) is 0 Å². The van der Waals surface area contributed by atoms with Gasteiger partial charge in [0.2, 0.25) is 59.1 Å². The number of aromatic nitrogens is 1. The molecular formula is C73H91FN14O14. The van der Waals surface area contributed by atoms with Crippen LogP contribution in [0.1, 0.15) is 94.9 Å². The molecule has 1 aromatic heterocycles. The second-order valence-electron chi connectivity index (χ2n) is 26.4. The Morgan fingerprint density at radius 2 is 1.14 bits per heavy atom. The maximum absolute atomic E-state index is 15.5. The number of guanidine groups is 1. The smallest absolute Gasteiger partial charge is 0.325 e. The number of aliphatic imine (C=N–C) groups is 1. The molecule has 10 atom stereocenters. The summed E-state index contributed by atoms with van der Waals surface area (Å²) in [4.78, 5) is 168. The average Bonchev–Trinajstić information content (AvgIpc) is 1.37. The van der Waals surface area contributed by atoms with Crippen LogP contribution >= 0.6 is 0 Å². The largest absolute Gasteiger partial charge is 0.508 e. The number of aromatic amines is 1. The Labute approximate surface area is 589 Å². The van der Waals surface area contributed by atoms with Gasteiger partial charge in [0, 0.05) is 76.4 Å². The van der Waals surface area contributed by atoms with E-state index in [0.29, 0.717) is 59.0 Å². The third kappa shape index (κ3) is 20.8. The van der Waals surface area contributed by atoms with Gasteiger partial charge >= 0.3 is 5.97 Å². The number of carbonyl (C=O) groups is 11. The van der Waals surface area contributed by atoms with Gasteiger partial charge in [-0.05, 0) is 121 Å². The molecule has 28 nitrogen and oxygen atoms in total. The van der Waals surface area contributed by atoms with Crippen molar-refractivity contribution in [3.63, 3.8) is 0 Å². The Balaban J connectivity index is 1.08. The number of carbonyl (C=O) groups excluding carboxylic acids is 10. The lowest BCUT2D eigenvalue weighted by Crippen LogP contribution is -2.62. The Kier molecular flexibility index (Phi) is 27.0. The second kappa shape index (κ2) is 35.9. The van der Waals surface area contributed by atoms with Gasteiger partial charge in [0.1, 0.15) is 72.0 Å². The van der Waals surface area contributed by atoms with E-state index in [4.69, 9.17) is 11.5 Å². The highest BCUT2D eigenvalue weighted by Crippen LogP contribution is 2.25. The molecule has 6 aromatic rings. The number of hydrogen-bond donors (Lipinski definition) is 13. The highest BCUT2D eigenvalue weighted by molar-refractivity contribution is 6.00. The number of fused-ring (bicyclic) bond motifs is 2. The number of likely N-dealkylation sites (N-methyl/N-ethyl adjacent to an activating group) is 1. The molecule has 0 radical (unpaired) electrons.